The number of rotatable bonds is 24. The van der Waals surface area contributed by atoms with Crippen molar-refractivity contribution in [1.29, 1.82) is 0 Å². The minimum Gasteiger partial charge on any atom is -0.497 e. The lowest BCUT2D eigenvalue weighted by Gasteiger charge is -2.37. The molecule has 6 rings (SSSR count). The van der Waals surface area contributed by atoms with Gasteiger partial charge in [0, 0.05) is 37.2 Å². The maximum Gasteiger partial charge on any atom is 0.253 e. The van der Waals surface area contributed by atoms with Gasteiger partial charge in [-0.1, -0.05) is 122 Å². The number of hydrogen-bond donors (Lipinski definition) is 5. The second-order valence-electron chi connectivity index (χ2n) is 15.8. The Hall–Kier alpha value is -6.89. The fourth-order valence-electron chi connectivity index (χ4n) is 7.95. The topological polar surface area (TPSA) is 166 Å². The molecular weight excluding hydrogens is 807 g/mol. The van der Waals surface area contributed by atoms with Crippen LogP contribution in [0.2, 0.25) is 0 Å². The third kappa shape index (κ3) is 12.6. The lowest BCUT2D eigenvalue weighted by molar-refractivity contribution is -0.137. The highest BCUT2D eigenvalue weighted by molar-refractivity contribution is 6.12. The standard InChI is InChI=1S/C52H57N5O7/c1-64-44-30-26-42(27-31-44)52(40-18-8-3-9-19-40,41-20-10-4-11-21-41)53-34-14-13-22-45(50(62)54-43-28-24-39(37-58)25-29-43)56-51(63)46(36-38-16-6-2-7-17-38)55-47(59)23-12-5-15-35-57-48(60)32-33-49(57)61/h2-4,6-11,16-21,24-33,45-46,53,58H,5,12-15,22-23,34-37H2,1H3,(H,54,62)(H,55,59)(H,56,63). The number of methoxy groups -OCH3 is 1. The molecule has 0 radical (unpaired) electrons. The van der Waals surface area contributed by atoms with E-state index in [4.69, 9.17) is 4.74 Å². The molecule has 332 valence electrons. The number of ether oxygens (including phenoxy) is 1. The number of carbonyl (C=O) groups is 5. The van der Waals surface area contributed by atoms with Gasteiger partial charge in [-0.15, -0.1) is 0 Å². The fraction of sp³-hybridized carbons (Fsp3) is 0.288. The van der Waals surface area contributed by atoms with Crippen molar-refractivity contribution in [3.63, 3.8) is 0 Å². The smallest absolute Gasteiger partial charge is 0.253 e. The van der Waals surface area contributed by atoms with E-state index in [9.17, 15) is 29.1 Å². The van der Waals surface area contributed by atoms with Gasteiger partial charge in [-0.25, -0.2) is 0 Å². The molecule has 5 aromatic carbocycles. The predicted octanol–water partition coefficient (Wildman–Crippen LogP) is 6.58. The summed E-state index contributed by atoms with van der Waals surface area (Å²) in [5, 5.41) is 22.3. The number of aliphatic hydroxyl groups is 1. The van der Waals surface area contributed by atoms with Crippen molar-refractivity contribution in [3.05, 3.63) is 179 Å². The van der Waals surface area contributed by atoms with E-state index in [1.165, 1.54) is 17.1 Å². The monoisotopic (exact) mass is 863 g/mol. The molecule has 0 spiro atoms. The van der Waals surface area contributed by atoms with Crippen molar-refractivity contribution in [2.45, 2.75) is 75.6 Å². The first-order valence-corrected chi connectivity index (χ1v) is 21.9. The Morgan fingerprint density at radius 2 is 1.22 bits per heavy atom. The van der Waals surface area contributed by atoms with Crippen molar-refractivity contribution in [3.8, 4) is 5.75 Å². The summed E-state index contributed by atoms with van der Waals surface area (Å²) in [4.78, 5) is 66.5. The first-order valence-electron chi connectivity index (χ1n) is 21.9. The van der Waals surface area contributed by atoms with Crippen molar-refractivity contribution in [1.82, 2.24) is 20.9 Å². The summed E-state index contributed by atoms with van der Waals surface area (Å²) in [6.07, 6.45) is 6.04. The molecule has 0 saturated carbocycles. The highest BCUT2D eigenvalue weighted by atomic mass is 16.5. The molecule has 1 aliphatic rings. The predicted molar refractivity (Wildman–Crippen MR) is 247 cm³/mol. The molecule has 2 unspecified atom stereocenters. The van der Waals surface area contributed by atoms with E-state index in [0.717, 1.165) is 28.0 Å². The molecule has 0 aliphatic carbocycles. The molecule has 5 N–H and O–H groups in total. The number of anilines is 1. The fourth-order valence-corrected chi connectivity index (χ4v) is 7.95. The van der Waals surface area contributed by atoms with E-state index in [1.807, 2.05) is 78.9 Å². The van der Waals surface area contributed by atoms with Gasteiger partial charge in [0.1, 0.15) is 17.8 Å². The summed E-state index contributed by atoms with van der Waals surface area (Å²) in [6, 6.07) is 42.9. The zero-order valence-electron chi connectivity index (χ0n) is 36.2. The van der Waals surface area contributed by atoms with E-state index < -0.39 is 29.4 Å². The zero-order valence-corrected chi connectivity index (χ0v) is 36.2. The normalized spacial score (nSPS) is 13.3. The Labute approximate surface area is 375 Å². The number of nitrogens with one attached hydrogen (secondary N) is 4. The second-order valence-corrected chi connectivity index (χ2v) is 15.8. The van der Waals surface area contributed by atoms with Crippen LogP contribution < -0.4 is 26.0 Å². The van der Waals surface area contributed by atoms with Crippen LogP contribution in [0.1, 0.15) is 72.8 Å². The van der Waals surface area contributed by atoms with Crippen molar-refractivity contribution >= 4 is 35.2 Å². The molecule has 0 saturated heterocycles. The van der Waals surface area contributed by atoms with Gasteiger partial charge in [0.25, 0.3) is 11.8 Å². The Bertz CT molecular complexity index is 2260. The van der Waals surface area contributed by atoms with Gasteiger partial charge in [-0.3, -0.25) is 34.2 Å². The van der Waals surface area contributed by atoms with E-state index in [2.05, 4.69) is 57.7 Å². The molecule has 5 aromatic rings. The van der Waals surface area contributed by atoms with Gasteiger partial charge >= 0.3 is 0 Å². The number of aliphatic hydroxyl groups excluding tert-OH is 1. The summed E-state index contributed by atoms with van der Waals surface area (Å²) in [7, 11) is 1.65. The van der Waals surface area contributed by atoms with Crippen LogP contribution in [0.4, 0.5) is 5.69 Å². The summed E-state index contributed by atoms with van der Waals surface area (Å²) >= 11 is 0. The SMILES string of the molecule is COc1ccc(C(NCCCCC(NC(=O)C(Cc2ccccc2)NC(=O)CCCCCN2C(=O)C=CC2=O)C(=O)Nc2ccc(CO)cc2)(c2ccccc2)c2ccccc2)cc1. The lowest BCUT2D eigenvalue weighted by atomic mass is 9.77. The van der Waals surface area contributed by atoms with E-state index in [1.54, 1.807) is 31.4 Å². The van der Waals surface area contributed by atoms with Crippen molar-refractivity contribution in [2.75, 3.05) is 25.5 Å². The van der Waals surface area contributed by atoms with Crippen LogP contribution in [0, 0.1) is 0 Å². The lowest BCUT2D eigenvalue weighted by Crippen LogP contribution is -2.53. The molecule has 0 aromatic heterocycles. The Morgan fingerprint density at radius 3 is 1.81 bits per heavy atom. The minimum absolute atomic E-state index is 0.137. The van der Waals surface area contributed by atoms with Crippen LogP contribution in [0.5, 0.6) is 5.75 Å². The Kier molecular flexibility index (Phi) is 17.1. The molecule has 12 nitrogen and oxygen atoms in total. The van der Waals surface area contributed by atoms with Crippen LogP contribution in [-0.4, -0.2) is 71.8 Å². The Balaban J connectivity index is 1.15. The summed E-state index contributed by atoms with van der Waals surface area (Å²) in [5.41, 5.74) is 4.48. The molecule has 0 bridgehead atoms. The number of nitrogens with zero attached hydrogens (tertiary/aromatic N) is 1. The summed E-state index contributed by atoms with van der Waals surface area (Å²) in [6.45, 7) is 0.705. The number of hydrogen-bond acceptors (Lipinski definition) is 8. The van der Waals surface area contributed by atoms with Gasteiger partial charge in [0.15, 0.2) is 0 Å². The quantitative estimate of drug-likeness (QED) is 0.0264. The molecule has 1 aliphatic heterocycles. The maximum absolute atomic E-state index is 14.2. The molecule has 64 heavy (non-hydrogen) atoms. The highest BCUT2D eigenvalue weighted by Crippen LogP contribution is 2.37. The van der Waals surface area contributed by atoms with Crippen LogP contribution >= 0.6 is 0 Å². The van der Waals surface area contributed by atoms with E-state index >= 15 is 0 Å². The van der Waals surface area contributed by atoms with Gasteiger partial charge in [-0.2, -0.15) is 0 Å². The Morgan fingerprint density at radius 1 is 0.625 bits per heavy atom. The largest absolute Gasteiger partial charge is 0.497 e. The van der Waals surface area contributed by atoms with Crippen LogP contribution in [0.15, 0.2) is 152 Å². The third-order valence-corrected chi connectivity index (χ3v) is 11.4. The number of amides is 5. The van der Waals surface area contributed by atoms with Gasteiger partial charge < -0.3 is 25.8 Å². The molecule has 1 heterocycles. The van der Waals surface area contributed by atoms with Crippen LogP contribution in [0.25, 0.3) is 0 Å². The molecule has 0 fully saturated rings. The number of benzene rings is 5. The van der Waals surface area contributed by atoms with E-state index in [0.29, 0.717) is 56.3 Å². The zero-order chi connectivity index (χ0) is 45.2. The van der Waals surface area contributed by atoms with Gasteiger partial charge in [-0.05, 0) is 90.7 Å². The highest BCUT2D eigenvalue weighted by Gasteiger charge is 2.36. The summed E-state index contributed by atoms with van der Waals surface area (Å²) in [5.74, 6) is -1.14. The first-order chi connectivity index (χ1) is 31.2. The number of unbranched alkanes of at least 4 members (excludes halogenated alkanes) is 3. The summed E-state index contributed by atoms with van der Waals surface area (Å²) < 4.78 is 5.50. The number of carbonyl (C=O) groups excluding carboxylic acids is 5. The number of imide groups is 1. The van der Waals surface area contributed by atoms with Crippen molar-refractivity contribution < 1.29 is 33.8 Å². The van der Waals surface area contributed by atoms with Crippen LogP contribution in [-0.2, 0) is 42.5 Å². The van der Waals surface area contributed by atoms with Crippen LogP contribution in [0.3, 0.4) is 0 Å². The molecule has 2 atom stereocenters. The van der Waals surface area contributed by atoms with Crippen molar-refractivity contribution in [2.24, 2.45) is 0 Å². The maximum atomic E-state index is 14.2. The molecule has 12 heteroatoms. The molecule has 5 amide bonds. The van der Waals surface area contributed by atoms with E-state index in [-0.39, 0.29) is 43.7 Å². The third-order valence-electron chi connectivity index (χ3n) is 11.4. The molecular formula is C52H57N5O7. The minimum atomic E-state index is -0.969. The average molecular weight is 864 g/mol. The van der Waals surface area contributed by atoms with Gasteiger partial charge in [0.2, 0.25) is 17.7 Å². The second kappa shape index (κ2) is 23.5. The first kappa shape index (κ1) is 46.6. The average Bonchev–Trinajstić information content (AvgIpc) is 3.65. The van der Waals surface area contributed by atoms with Gasteiger partial charge in [0.05, 0.1) is 19.3 Å².